The van der Waals surface area contributed by atoms with E-state index in [0.29, 0.717) is 30.1 Å². The van der Waals surface area contributed by atoms with E-state index in [1.807, 2.05) is 35.8 Å². The van der Waals surface area contributed by atoms with Crippen LogP contribution in [0.5, 0.6) is 5.75 Å². The van der Waals surface area contributed by atoms with Gasteiger partial charge in [0.2, 0.25) is 5.78 Å². The SMILES string of the molecule is CCN(CC)C[C@@H](O)Cn1c(C(=O)c2ccc(OC)cc2)c(C)c2ccccc21. The largest absolute Gasteiger partial charge is 0.497 e. The number of rotatable bonds is 9. The number of benzene rings is 2. The summed E-state index contributed by atoms with van der Waals surface area (Å²) < 4.78 is 7.18. The van der Waals surface area contributed by atoms with Gasteiger partial charge in [0.15, 0.2) is 0 Å². The molecule has 0 radical (unpaired) electrons. The number of fused-ring (bicyclic) bond motifs is 1. The number of aliphatic hydroxyl groups is 1. The molecule has 3 rings (SSSR count). The van der Waals surface area contributed by atoms with Crippen molar-refractivity contribution in [3.8, 4) is 5.75 Å². The van der Waals surface area contributed by atoms with E-state index >= 15 is 0 Å². The first-order valence-electron chi connectivity index (χ1n) is 10.2. The van der Waals surface area contributed by atoms with Crippen LogP contribution in [0.15, 0.2) is 48.5 Å². The molecule has 154 valence electrons. The van der Waals surface area contributed by atoms with Crippen LogP contribution in [-0.2, 0) is 6.54 Å². The van der Waals surface area contributed by atoms with E-state index in [4.69, 9.17) is 4.74 Å². The van der Waals surface area contributed by atoms with Crippen molar-refractivity contribution < 1.29 is 14.6 Å². The van der Waals surface area contributed by atoms with Crippen LogP contribution >= 0.6 is 0 Å². The zero-order valence-electron chi connectivity index (χ0n) is 17.7. The van der Waals surface area contributed by atoms with Gasteiger partial charge < -0.3 is 19.3 Å². The molecule has 0 saturated heterocycles. The van der Waals surface area contributed by atoms with Gasteiger partial charge in [0.25, 0.3) is 0 Å². The van der Waals surface area contributed by atoms with Crippen LogP contribution in [0, 0.1) is 6.92 Å². The van der Waals surface area contributed by atoms with Gasteiger partial charge in [-0.3, -0.25) is 4.79 Å². The van der Waals surface area contributed by atoms with Crippen LogP contribution in [0.4, 0.5) is 0 Å². The summed E-state index contributed by atoms with van der Waals surface area (Å²) in [5.41, 5.74) is 3.16. The third-order valence-electron chi connectivity index (χ3n) is 5.55. The molecule has 1 atom stereocenters. The third kappa shape index (κ3) is 4.36. The summed E-state index contributed by atoms with van der Waals surface area (Å²) in [4.78, 5) is 15.6. The molecule has 0 aliphatic heterocycles. The Kier molecular flexibility index (Phi) is 6.72. The molecule has 0 unspecified atom stereocenters. The van der Waals surface area contributed by atoms with Crippen LogP contribution in [0.25, 0.3) is 10.9 Å². The lowest BCUT2D eigenvalue weighted by atomic mass is 10.0. The fourth-order valence-corrected chi connectivity index (χ4v) is 3.89. The average Bonchev–Trinajstić information content (AvgIpc) is 3.03. The molecule has 0 bridgehead atoms. The highest BCUT2D eigenvalue weighted by Gasteiger charge is 2.23. The predicted octanol–water partition coefficient (Wildman–Crippen LogP) is 3.89. The zero-order valence-corrected chi connectivity index (χ0v) is 17.7. The van der Waals surface area contributed by atoms with Crippen molar-refractivity contribution in [3.63, 3.8) is 0 Å². The molecule has 0 aliphatic rings. The van der Waals surface area contributed by atoms with Gasteiger partial charge in [0, 0.05) is 23.0 Å². The van der Waals surface area contributed by atoms with E-state index < -0.39 is 6.10 Å². The monoisotopic (exact) mass is 394 g/mol. The highest BCUT2D eigenvalue weighted by Crippen LogP contribution is 2.28. The van der Waals surface area contributed by atoms with E-state index in [2.05, 4.69) is 18.7 Å². The lowest BCUT2D eigenvalue weighted by Gasteiger charge is -2.23. The van der Waals surface area contributed by atoms with Crippen molar-refractivity contribution in [1.29, 1.82) is 0 Å². The number of methoxy groups -OCH3 is 1. The highest BCUT2D eigenvalue weighted by molar-refractivity contribution is 6.12. The minimum Gasteiger partial charge on any atom is -0.497 e. The molecule has 1 aromatic heterocycles. The molecule has 0 fully saturated rings. The smallest absolute Gasteiger partial charge is 0.209 e. The maximum Gasteiger partial charge on any atom is 0.209 e. The molecule has 0 spiro atoms. The number of aryl methyl sites for hydroxylation is 1. The molecule has 5 nitrogen and oxygen atoms in total. The number of carbonyl (C=O) groups excluding carboxylic acids is 1. The second-order valence-corrected chi connectivity index (χ2v) is 7.30. The number of aromatic nitrogens is 1. The van der Waals surface area contributed by atoms with Crippen molar-refractivity contribution in [2.75, 3.05) is 26.7 Å². The molecule has 1 N–H and O–H groups in total. The van der Waals surface area contributed by atoms with Crippen molar-refractivity contribution in [2.45, 2.75) is 33.4 Å². The van der Waals surface area contributed by atoms with Crippen molar-refractivity contribution in [2.24, 2.45) is 0 Å². The number of ketones is 1. The van der Waals surface area contributed by atoms with Crippen LogP contribution in [-0.4, -0.2) is 53.2 Å². The van der Waals surface area contributed by atoms with Gasteiger partial charge in [-0.1, -0.05) is 32.0 Å². The maximum atomic E-state index is 13.4. The maximum absolute atomic E-state index is 13.4. The normalized spacial score (nSPS) is 12.5. The molecule has 5 heteroatoms. The van der Waals surface area contributed by atoms with Crippen molar-refractivity contribution in [3.05, 3.63) is 65.4 Å². The lowest BCUT2D eigenvalue weighted by molar-refractivity contribution is 0.0975. The Morgan fingerprint density at radius 3 is 2.38 bits per heavy atom. The zero-order chi connectivity index (χ0) is 21.0. The van der Waals surface area contributed by atoms with Gasteiger partial charge in [0.05, 0.1) is 25.5 Å². The van der Waals surface area contributed by atoms with E-state index in [1.54, 1.807) is 31.4 Å². The molecule has 29 heavy (non-hydrogen) atoms. The Morgan fingerprint density at radius 1 is 1.10 bits per heavy atom. The second kappa shape index (κ2) is 9.25. The Labute approximate surface area is 172 Å². The molecular formula is C24H30N2O3. The molecular weight excluding hydrogens is 364 g/mol. The van der Waals surface area contributed by atoms with E-state index in [0.717, 1.165) is 29.6 Å². The molecule has 2 aromatic carbocycles. The number of nitrogens with zero attached hydrogens (tertiary/aromatic N) is 2. The first kappa shape index (κ1) is 21.1. The Bertz CT molecular complexity index is 972. The summed E-state index contributed by atoms with van der Waals surface area (Å²) in [7, 11) is 1.61. The molecule has 0 aliphatic carbocycles. The Morgan fingerprint density at radius 2 is 1.76 bits per heavy atom. The van der Waals surface area contributed by atoms with Crippen LogP contribution < -0.4 is 4.74 Å². The average molecular weight is 395 g/mol. The van der Waals surface area contributed by atoms with Crippen LogP contribution in [0.2, 0.25) is 0 Å². The van der Waals surface area contributed by atoms with Gasteiger partial charge in [-0.2, -0.15) is 0 Å². The summed E-state index contributed by atoms with van der Waals surface area (Å²) in [5.74, 6) is 0.671. The third-order valence-corrected chi connectivity index (χ3v) is 5.55. The standard InChI is InChI=1S/C24H30N2O3/c1-5-25(6-2)15-19(27)16-26-22-10-8-7-9-21(22)17(3)23(26)24(28)18-11-13-20(29-4)14-12-18/h7-14,19,27H,5-6,15-16H2,1-4H3/t19-/m1/s1. The fourth-order valence-electron chi connectivity index (χ4n) is 3.89. The van der Waals surface area contributed by atoms with Crippen molar-refractivity contribution in [1.82, 2.24) is 9.47 Å². The number of ether oxygens (including phenoxy) is 1. The fraction of sp³-hybridized carbons (Fsp3) is 0.375. The minimum absolute atomic E-state index is 0.0450. The quantitative estimate of drug-likeness (QED) is 0.560. The van der Waals surface area contributed by atoms with Gasteiger partial charge in [-0.05, 0) is 55.9 Å². The van der Waals surface area contributed by atoms with Gasteiger partial charge in [-0.25, -0.2) is 0 Å². The van der Waals surface area contributed by atoms with Crippen LogP contribution in [0.3, 0.4) is 0 Å². The van der Waals surface area contributed by atoms with Crippen molar-refractivity contribution >= 4 is 16.7 Å². The number of likely N-dealkylation sites (N-methyl/N-ethyl adjacent to an activating group) is 1. The highest BCUT2D eigenvalue weighted by atomic mass is 16.5. The van der Waals surface area contributed by atoms with E-state index in [9.17, 15) is 9.90 Å². The number of hydrogen-bond acceptors (Lipinski definition) is 4. The van der Waals surface area contributed by atoms with E-state index in [1.165, 1.54) is 0 Å². The molecule has 0 saturated carbocycles. The molecule has 1 heterocycles. The predicted molar refractivity (Wildman–Crippen MR) is 117 cm³/mol. The first-order chi connectivity index (χ1) is 14.0. The first-order valence-corrected chi connectivity index (χ1v) is 10.2. The summed E-state index contributed by atoms with van der Waals surface area (Å²) in [6.45, 7) is 8.88. The van der Waals surface area contributed by atoms with E-state index in [-0.39, 0.29) is 5.78 Å². The second-order valence-electron chi connectivity index (χ2n) is 7.30. The number of hydrogen-bond donors (Lipinski definition) is 1. The summed E-state index contributed by atoms with van der Waals surface area (Å²) in [6.07, 6.45) is -0.562. The van der Waals surface area contributed by atoms with Gasteiger partial charge in [-0.15, -0.1) is 0 Å². The minimum atomic E-state index is -0.562. The summed E-state index contributed by atoms with van der Waals surface area (Å²) in [5, 5.41) is 11.8. The van der Waals surface area contributed by atoms with Gasteiger partial charge in [0.1, 0.15) is 5.75 Å². The number of para-hydroxylation sites is 1. The Hall–Kier alpha value is -2.63. The van der Waals surface area contributed by atoms with Crippen LogP contribution in [0.1, 0.15) is 35.5 Å². The number of aliphatic hydroxyl groups excluding tert-OH is 1. The Balaban J connectivity index is 2.02. The molecule has 0 amide bonds. The molecule has 3 aromatic rings. The lowest BCUT2D eigenvalue weighted by Crippen LogP contribution is -2.35. The summed E-state index contributed by atoms with van der Waals surface area (Å²) >= 11 is 0. The topological polar surface area (TPSA) is 54.7 Å². The number of carbonyl (C=O) groups is 1. The van der Waals surface area contributed by atoms with Gasteiger partial charge >= 0.3 is 0 Å². The summed E-state index contributed by atoms with van der Waals surface area (Å²) in [6, 6.07) is 15.2.